The molecule has 1 aliphatic rings. The van der Waals surface area contributed by atoms with Gasteiger partial charge in [0, 0.05) is 31.4 Å². The van der Waals surface area contributed by atoms with E-state index in [9.17, 15) is 14.7 Å². The zero-order chi connectivity index (χ0) is 15.2. The molecule has 0 bridgehead atoms. The SMILES string of the molecule is CCCN(CC1CC1)C(=O)N[C@H](Cc1cnc[nH]1)C(=O)O. The summed E-state index contributed by atoms with van der Waals surface area (Å²) in [5, 5.41) is 11.9. The largest absolute Gasteiger partial charge is 0.480 e. The molecule has 1 aromatic heterocycles. The highest BCUT2D eigenvalue weighted by Gasteiger charge is 2.28. The topological polar surface area (TPSA) is 98.3 Å². The molecule has 116 valence electrons. The average Bonchev–Trinajstić information content (AvgIpc) is 3.11. The van der Waals surface area contributed by atoms with Crippen LogP contribution in [-0.2, 0) is 11.2 Å². The van der Waals surface area contributed by atoms with Crippen molar-refractivity contribution in [2.45, 2.75) is 38.6 Å². The maximum Gasteiger partial charge on any atom is 0.326 e. The first kappa shape index (κ1) is 15.3. The molecule has 0 aliphatic heterocycles. The molecule has 1 saturated carbocycles. The van der Waals surface area contributed by atoms with Crippen LogP contribution in [0.5, 0.6) is 0 Å². The molecule has 3 N–H and O–H groups in total. The van der Waals surface area contributed by atoms with Gasteiger partial charge in [-0.1, -0.05) is 6.92 Å². The second kappa shape index (κ2) is 7.10. The van der Waals surface area contributed by atoms with Crippen LogP contribution in [0.3, 0.4) is 0 Å². The van der Waals surface area contributed by atoms with Crippen LogP contribution in [0.4, 0.5) is 4.79 Å². The highest BCUT2D eigenvalue weighted by atomic mass is 16.4. The second-order valence-corrected chi connectivity index (χ2v) is 5.51. The number of aliphatic carboxylic acids is 1. The van der Waals surface area contributed by atoms with Crippen molar-refractivity contribution in [2.75, 3.05) is 13.1 Å². The van der Waals surface area contributed by atoms with E-state index in [4.69, 9.17) is 0 Å². The van der Waals surface area contributed by atoms with Crippen molar-refractivity contribution >= 4 is 12.0 Å². The molecule has 21 heavy (non-hydrogen) atoms. The van der Waals surface area contributed by atoms with E-state index in [0.717, 1.165) is 25.8 Å². The molecule has 1 aromatic rings. The third-order valence-electron chi connectivity index (χ3n) is 3.53. The molecule has 2 rings (SSSR count). The molecule has 0 radical (unpaired) electrons. The van der Waals surface area contributed by atoms with Gasteiger partial charge in [-0.3, -0.25) is 0 Å². The zero-order valence-electron chi connectivity index (χ0n) is 12.2. The smallest absolute Gasteiger partial charge is 0.326 e. The summed E-state index contributed by atoms with van der Waals surface area (Å²) in [6.07, 6.45) is 6.43. The highest BCUT2D eigenvalue weighted by molar-refractivity contribution is 5.82. The van der Waals surface area contributed by atoms with Crippen LogP contribution in [0.25, 0.3) is 0 Å². The van der Waals surface area contributed by atoms with Gasteiger partial charge < -0.3 is 20.3 Å². The molecule has 1 fully saturated rings. The maximum absolute atomic E-state index is 12.3. The number of aromatic amines is 1. The van der Waals surface area contributed by atoms with Crippen LogP contribution in [0.15, 0.2) is 12.5 Å². The van der Waals surface area contributed by atoms with Gasteiger partial charge in [0.05, 0.1) is 6.33 Å². The summed E-state index contributed by atoms with van der Waals surface area (Å²) in [5.74, 6) is -0.459. The Kier molecular flexibility index (Phi) is 5.19. The number of nitrogens with one attached hydrogen (secondary N) is 2. The molecule has 1 aliphatic carbocycles. The van der Waals surface area contributed by atoms with Crippen LogP contribution in [0.1, 0.15) is 31.9 Å². The lowest BCUT2D eigenvalue weighted by atomic mass is 10.1. The number of carboxylic acid groups (broad SMARTS) is 1. The fourth-order valence-electron chi connectivity index (χ4n) is 2.21. The minimum atomic E-state index is -1.04. The summed E-state index contributed by atoms with van der Waals surface area (Å²) in [5.41, 5.74) is 0.687. The van der Waals surface area contributed by atoms with Gasteiger partial charge in [0.25, 0.3) is 0 Å². The van der Waals surface area contributed by atoms with Crippen LogP contribution in [0.2, 0.25) is 0 Å². The van der Waals surface area contributed by atoms with E-state index in [0.29, 0.717) is 18.2 Å². The predicted molar refractivity (Wildman–Crippen MR) is 76.8 cm³/mol. The number of carbonyl (C=O) groups excluding carboxylic acids is 1. The van der Waals surface area contributed by atoms with E-state index in [1.54, 1.807) is 11.1 Å². The van der Waals surface area contributed by atoms with Gasteiger partial charge in [0.2, 0.25) is 0 Å². The minimum Gasteiger partial charge on any atom is -0.480 e. The molecule has 0 spiro atoms. The van der Waals surface area contributed by atoms with Gasteiger partial charge >= 0.3 is 12.0 Å². The molecule has 7 heteroatoms. The Bertz CT molecular complexity index is 471. The van der Waals surface area contributed by atoms with Gasteiger partial charge in [-0.15, -0.1) is 0 Å². The van der Waals surface area contributed by atoms with Crippen molar-refractivity contribution in [3.63, 3.8) is 0 Å². The molecule has 0 aromatic carbocycles. The minimum absolute atomic E-state index is 0.199. The van der Waals surface area contributed by atoms with Gasteiger partial charge in [0.15, 0.2) is 0 Å². The van der Waals surface area contributed by atoms with Crippen LogP contribution in [-0.4, -0.2) is 51.1 Å². The van der Waals surface area contributed by atoms with E-state index >= 15 is 0 Å². The summed E-state index contributed by atoms with van der Waals surface area (Å²) in [6.45, 7) is 3.38. The third kappa shape index (κ3) is 4.77. The number of hydrogen-bond acceptors (Lipinski definition) is 3. The molecular weight excluding hydrogens is 272 g/mol. The normalized spacial score (nSPS) is 15.5. The number of aromatic nitrogens is 2. The van der Waals surface area contributed by atoms with Crippen molar-refractivity contribution < 1.29 is 14.7 Å². The molecule has 0 saturated heterocycles. The Balaban J connectivity index is 1.93. The fourth-order valence-corrected chi connectivity index (χ4v) is 2.21. The lowest BCUT2D eigenvalue weighted by Gasteiger charge is -2.24. The average molecular weight is 294 g/mol. The Morgan fingerprint density at radius 2 is 2.33 bits per heavy atom. The molecule has 1 heterocycles. The Morgan fingerprint density at radius 1 is 1.57 bits per heavy atom. The summed E-state index contributed by atoms with van der Waals surface area (Å²) >= 11 is 0. The van der Waals surface area contributed by atoms with E-state index in [2.05, 4.69) is 15.3 Å². The quantitative estimate of drug-likeness (QED) is 0.671. The number of rotatable bonds is 8. The van der Waals surface area contributed by atoms with Crippen LogP contribution >= 0.6 is 0 Å². The first-order chi connectivity index (χ1) is 10.1. The van der Waals surface area contributed by atoms with Crippen LogP contribution in [0, 0.1) is 5.92 Å². The predicted octanol–water partition coefficient (Wildman–Crippen LogP) is 1.24. The van der Waals surface area contributed by atoms with Crippen molar-refractivity contribution in [3.8, 4) is 0 Å². The highest BCUT2D eigenvalue weighted by Crippen LogP contribution is 2.29. The van der Waals surface area contributed by atoms with Gasteiger partial charge in [0.1, 0.15) is 6.04 Å². The van der Waals surface area contributed by atoms with Gasteiger partial charge in [-0.05, 0) is 25.2 Å². The van der Waals surface area contributed by atoms with Crippen molar-refractivity contribution in [3.05, 3.63) is 18.2 Å². The van der Waals surface area contributed by atoms with Crippen LogP contribution < -0.4 is 5.32 Å². The lowest BCUT2D eigenvalue weighted by molar-refractivity contribution is -0.139. The van der Waals surface area contributed by atoms with Gasteiger partial charge in [-0.25, -0.2) is 14.6 Å². The monoisotopic (exact) mass is 294 g/mol. The summed E-state index contributed by atoms with van der Waals surface area (Å²) in [4.78, 5) is 32.0. The zero-order valence-corrected chi connectivity index (χ0v) is 12.2. The van der Waals surface area contributed by atoms with Gasteiger partial charge in [-0.2, -0.15) is 0 Å². The standard InChI is InChI=1S/C14H22N4O3/c1-2-5-18(8-10-3-4-10)14(21)17-12(13(19)20)6-11-7-15-9-16-11/h7,9-10,12H,2-6,8H2,1H3,(H,15,16)(H,17,21)(H,19,20)/t12-/m1/s1. The number of hydrogen-bond donors (Lipinski definition) is 3. The maximum atomic E-state index is 12.3. The first-order valence-corrected chi connectivity index (χ1v) is 7.35. The Hall–Kier alpha value is -2.05. The van der Waals surface area contributed by atoms with Crippen molar-refractivity contribution in [2.24, 2.45) is 5.92 Å². The fraction of sp³-hybridized carbons (Fsp3) is 0.643. The summed E-state index contributed by atoms with van der Waals surface area (Å²) < 4.78 is 0. The van der Waals surface area contributed by atoms with E-state index in [-0.39, 0.29) is 12.5 Å². The number of carboxylic acids is 1. The molecule has 2 amide bonds. The first-order valence-electron chi connectivity index (χ1n) is 7.35. The molecular formula is C14H22N4O3. The molecule has 0 unspecified atom stereocenters. The number of urea groups is 1. The lowest BCUT2D eigenvalue weighted by Crippen LogP contribution is -2.49. The van der Waals surface area contributed by atoms with E-state index in [1.807, 2.05) is 6.92 Å². The number of nitrogens with zero attached hydrogens (tertiary/aromatic N) is 2. The Morgan fingerprint density at radius 3 is 2.86 bits per heavy atom. The molecule has 1 atom stereocenters. The number of H-pyrrole nitrogens is 1. The van der Waals surface area contributed by atoms with E-state index in [1.165, 1.54) is 6.33 Å². The van der Waals surface area contributed by atoms with Crippen molar-refractivity contribution in [1.82, 2.24) is 20.2 Å². The number of carbonyl (C=O) groups is 2. The van der Waals surface area contributed by atoms with Crippen molar-refractivity contribution in [1.29, 1.82) is 0 Å². The second-order valence-electron chi connectivity index (χ2n) is 5.51. The third-order valence-corrected chi connectivity index (χ3v) is 3.53. The number of imidazole rings is 1. The summed E-state index contributed by atoms with van der Waals surface area (Å²) in [7, 11) is 0. The number of amides is 2. The Labute approximate surface area is 123 Å². The summed E-state index contributed by atoms with van der Waals surface area (Å²) in [6, 6.07) is -1.24. The molecule has 7 nitrogen and oxygen atoms in total. The van der Waals surface area contributed by atoms with E-state index < -0.39 is 12.0 Å².